The second-order valence-electron chi connectivity index (χ2n) is 9.16. The van der Waals surface area contributed by atoms with Gasteiger partial charge in [0.1, 0.15) is 5.82 Å². The normalized spacial score (nSPS) is 14.4. The Labute approximate surface area is 222 Å². The highest BCUT2D eigenvalue weighted by molar-refractivity contribution is 7.92. The summed E-state index contributed by atoms with van der Waals surface area (Å²) in [7, 11) is -3.99. The van der Waals surface area contributed by atoms with E-state index in [0.29, 0.717) is 26.2 Å². The second-order valence-corrected chi connectivity index (χ2v) is 10.8. The minimum atomic E-state index is -3.99. The van der Waals surface area contributed by atoms with Gasteiger partial charge in [0.25, 0.3) is 15.9 Å². The molecule has 4 aromatic carbocycles. The fourth-order valence-corrected chi connectivity index (χ4v) is 5.89. The van der Waals surface area contributed by atoms with Gasteiger partial charge in [0.15, 0.2) is 0 Å². The quantitative estimate of drug-likeness (QED) is 0.359. The highest BCUT2D eigenvalue weighted by Crippen LogP contribution is 2.30. The summed E-state index contributed by atoms with van der Waals surface area (Å²) in [4.78, 5) is 17.6. The number of rotatable bonds is 7. The van der Waals surface area contributed by atoms with E-state index in [1.54, 1.807) is 29.2 Å². The number of piperazine rings is 1. The first kappa shape index (κ1) is 25.6. The van der Waals surface area contributed by atoms with Crippen LogP contribution in [0.1, 0.15) is 27.5 Å². The summed E-state index contributed by atoms with van der Waals surface area (Å²) in [6.07, 6.45) is 0. The van der Waals surface area contributed by atoms with E-state index < -0.39 is 15.8 Å². The molecule has 0 aromatic heterocycles. The molecule has 1 heterocycles. The van der Waals surface area contributed by atoms with Crippen molar-refractivity contribution in [3.05, 3.63) is 132 Å². The number of hydrogen-bond acceptors (Lipinski definition) is 4. The second kappa shape index (κ2) is 11.2. The van der Waals surface area contributed by atoms with Crippen molar-refractivity contribution in [1.82, 2.24) is 9.80 Å². The van der Waals surface area contributed by atoms with Crippen LogP contribution in [0.25, 0.3) is 0 Å². The Kier molecular flexibility index (Phi) is 7.53. The lowest BCUT2D eigenvalue weighted by Crippen LogP contribution is -2.50. The van der Waals surface area contributed by atoms with Gasteiger partial charge in [-0.3, -0.25) is 14.4 Å². The van der Waals surface area contributed by atoms with Gasteiger partial charge in [0.2, 0.25) is 0 Å². The fraction of sp³-hybridized carbons (Fsp3) is 0.167. The van der Waals surface area contributed by atoms with Crippen LogP contribution >= 0.6 is 0 Å². The summed E-state index contributed by atoms with van der Waals surface area (Å²) < 4.78 is 41.6. The number of nitrogens with one attached hydrogen (secondary N) is 1. The van der Waals surface area contributed by atoms with E-state index in [2.05, 4.69) is 33.9 Å². The number of hydrogen-bond donors (Lipinski definition) is 1. The molecule has 1 amide bonds. The van der Waals surface area contributed by atoms with Gasteiger partial charge < -0.3 is 4.90 Å². The number of sulfonamides is 1. The van der Waals surface area contributed by atoms with Crippen molar-refractivity contribution in [1.29, 1.82) is 0 Å². The van der Waals surface area contributed by atoms with Gasteiger partial charge in [0.05, 0.1) is 22.2 Å². The first-order valence-corrected chi connectivity index (χ1v) is 13.9. The van der Waals surface area contributed by atoms with Crippen LogP contribution in [0.3, 0.4) is 0 Å². The minimum absolute atomic E-state index is 0.0736. The standard InChI is InChI=1S/C30H28FN3O3S/c31-25-15-17-26(18-16-25)38(36,37)32-28-14-8-7-13-27(28)30(35)34-21-19-33(20-22-34)29(23-9-3-1-4-10-23)24-11-5-2-6-12-24/h1-18,29,32H,19-22H2. The summed E-state index contributed by atoms with van der Waals surface area (Å²) in [5, 5.41) is 0. The van der Waals surface area contributed by atoms with Crippen LogP contribution in [0.5, 0.6) is 0 Å². The van der Waals surface area contributed by atoms with Crippen molar-refractivity contribution in [3.8, 4) is 0 Å². The Morgan fingerprint density at radius 1 is 0.711 bits per heavy atom. The molecule has 1 aliphatic rings. The maximum absolute atomic E-state index is 13.5. The van der Waals surface area contributed by atoms with Gasteiger partial charge in [-0.05, 0) is 47.5 Å². The number of para-hydroxylation sites is 1. The predicted molar refractivity (Wildman–Crippen MR) is 146 cm³/mol. The number of carbonyl (C=O) groups excluding carboxylic acids is 1. The molecule has 6 nitrogen and oxygen atoms in total. The van der Waals surface area contributed by atoms with Crippen LogP contribution in [0, 0.1) is 5.82 Å². The van der Waals surface area contributed by atoms with Crippen molar-refractivity contribution >= 4 is 21.6 Å². The Morgan fingerprint density at radius 2 is 1.24 bits per heavy atom. The number of nitrogens with zero attached hydrogens (tertiary/aromatic N) is 2. The molecule has 0 atom stereocenters. The first-order chi connectivity index (χ1) is 18.4. The molecule has 0 bridgehead atoms. The smallest absolute Gasteiger partial charge is 0.261 e. The molecule has 8 heteroatoms. The topological polar surface area (TPSA) is 69.7 Å². The number of benzene rings is 4. The van der Waals surface area contributed by atoms with Crippen LogP contribution in [0.2, 0.25) is 0 Å². The van der Waals surface area contributed by atoms with Crippen LogP contribution in [-0.4, -0.2) is 50.3 Å². The molecule has 5 rings (SSSR count). The molecule has 4 aromatic rings. The molecule has 1 N–H and O–H groups in total. The Morgan fingerprint density at radius 3 is 1.82 bits per heavy atom. The van der Waals surface area contributed by atoms with E-state index in [-0.39, 0.29) is 28.1 Å². The van der Waals surface area contributed by atoms with Gasteiger partial charge >= 0.3 is 0 Å². The lowest BCUT2D eigenvalue weighted by Gasteiger charge is -2.40. The monoisotopic (exact) mass is 529 g/mol. The van der Waals surface area contributed by atoms with E-state index in [0.717, 1.165) is 12.1 Å². The Balaban J connectivity index is 1.32. The average Bonchev–Trinajstić information content (AvgIpc) is 2.95. The summed E-state index contributed by atoms with van der Waals surface area (Å²) in [6, 6.07) is 31.8. The molecule has 1 aliphatic heterocycles. The van der Waals surface area contributed by atoms with Crippen molar-refractivity contribution in [2.45, 2.75) is 10.9 Å². The summed E-state index contributed by atoms with van der Waals surface area (Å²) in [5.74, 6) is -0.765. The van der Waals surface area contributed by atoms with Crippen molar-refractivity contribution < 1.29 is 17.6 Å². The summed E-state index contributed by atoms with van der Waals surface area (Å²) >= 11 is 0. The number of halogens is 1. The van der Waals surface area contributed by atoms with Crippen LogP contribution in [0.15, 0.2) is 114 Å². The predicted octanol–water partition coefficient (Wildman–Crippen LogP) is 5.17. The summed E-state index contributed by atoms with van der Waals surface area (Å²) in [6.45, 7) is 2.36. The molecular formula is C30H28FN3O3S. The lowest BCUT2D eigenvalue weighted by molar-refractivity contribution is 0.0598. The maximum atomic E-state index is 13.5. The third kappa shape index (κ3) is 5.61. The maximum Gasteiger partial charge on any atom is 0.261 e. The van der Waals surface area contributed by atoms with E-state index in [4.69, 9.17) is 0 Å². The van der Waals surface area contributed by atoms with Crippen molar-refractivity contribution in [3.63, 3.8) is 0 Å². The SMILES string of the molecule is O=C(c1ccccc1NS(=O)(=O)c1ccc(F)cc1)N1CCN(C(c2ccccc2)c2ccccc2)CC1. The lowest BCUT2D eigenvalue weighted by atomic mass is 9.96. The van der Waals surface area contributed by atoms with Crippen LogP contribution in [-0.2, 0) is 10.0 Å². The fourth-order valence-electron chi connectivity index (χ4n) is 4.81. The number of anilines is 1. The minimum Gasteiger partial charge on any atom is -0.336 e. The number of carbonyl (C=O) groups is 1. The molecule has 38 heavy (non-hydrogen) atoms. The number of amides is 1. The van der Waals surface area contributed by atoms with Crippen LogP contribution in [0.4, 0.5) is 10.1 Å². The van der Waals surface area contributed by atoms with Gasteiger partial charge in [-0.1, -0.05) is 72.8 Å². The molecule has 194 valence electrons. The molecule has 0 aliphatic carbocycles. The van der Waals surface area contributed by atoms with Gasteiger partial charge in [-0.15, -0.1) is 0 Å². The van der Waals surface area contributed by atoms with Gasteiger partial charge in [0, 0.05) is 26.2 Å². The molecule has 1 saturated heterocycles. The highest BCUT2D eigenvalue weighted by atomic mass is 32.2. The van der Waals surface area contributed by atoms with E-state index in [1.807, 2.05) is 36.4 Å². The van der Waals surface area contributed by atoms with Crippen LogP contribution < -0.4 is 4.72 Å². The van der Waals surface area contributed by atoms with Crippen molar-refractivity contribution in [2.24, 2.45) is 0 Å². The molecule has 0 unspecified atom stereocenters. The zero-order chi connectivity index (χ0) is 26.5. The third-order valence-corrected chi connectivity index (χ3v) is 8.10. The molecule has 0 spiro atoms. The first-order valence-electron chi connectivity index (χ1n) is 12.4. The summed E-state index contributed by atoms with van der Waals surface area (Å²) in [5.41, 5.74) is 2.85. The highest BCUT2D eigenvalue weighted by Gasteiger charge is 2.29. The van der Waals surface area contributed by atoms with E-state index in [1.165, 1.54) is 23.3 Å². The average molecular weight is 530 g/mol. The van der Waals surface area contributed by atoms with E-state index in [9.17, 15) is 17.6 Å². The van der Waals surface area contributed by atoms with E-state index >= 15 is 0 Å². The zero-order valence-electron chi connectivity index (χ0n) is 20.7. The molecule has 0 saturated carbocycles. The van der Waals surface area contributed by atoms with Crippen molar-refractivity contribution in [2.75, 3.05) is 30.9 Å². The zero-order valence-corrected chi connectivity index (χ0v) is 21.5. The Bertz CT molecular complexity index is 1450. The largest absolute Gasteiger partial charge is 0.336 e. The molecular weight excluding hydrogens is 501 g/mol. The molecule has 0 radical (unpaired) electrons. The van der Waals surface area contributed by atoms with Gasteiger partial charge in [-0.2, -0.15) is 0 Å². The third-order valence-electron chi connectivity index (χ3n) is 6.72. The Hall–Kier alpha value is -4.01. The molecule has 1 fully saturated rings. The van der Waals surface area contributed by atoms with Gasteiger partial charge in [-0.25, -0.2) is 12.8 Å².